The number of anilines is 1. The van der Waals surface area contributed by atoms with Crippen LogP contribution >= 0.6 is 0 Å². The van der Waals surface area contributed by atoms with Gasteiger partial charge in [-0.2, -0.15) is 5.10 Å². The zero-order chi connectivity index (χ0) is 12.3. The second-order valence-electron chi connectivity index (χ2n) is 3.46. The lowest BCUT2D eigenvalue weighted by Crippen LogP contribution is -2.08. The molecule has 0 aliphatic heterocycles. The number of nitrogen functional groups attached to an aromatic ring is 1. The monoisotopic (exact) mass is 236 g/mol. The van der Waals surface area contributed by atoms with Crippen molar-refractivity contribution < 1.29 is 9.13 Å². The van der Waals surface area contributed by atoms with Gasteiger partial charge in [0, 0.05) is 12.6 Å². The summed E-state index contributed by atoms with van der Waals surface area (Å²) in [5.41, 5.74) is 6.06. The minimum absolute atomic E-state index is 0.210. The molecule has 0 saturated heterocycles. The van der Waals surface area contributed by atoms with Gasteiger partial charge in [0.2, 0.25) is 0 Å². The number of ether oxygens (including phenoxy) is 1. The van der Waals surface area contributed by atoms with E-state index in [2.05, 4.69) is 10.1 Å². The molecule has 0 aliphatic rings. The maximum atomic E-state index is 13.0. The molecule has 0 spiro atoms. The summed E-state index contributed by atoms with van der Waals surface area (Å²) >= 11 is 0. The van der Waals surface area contributed by atoms with Crippen molar-refractivity contribution in [1.82, 2.24) is 14.8 Å². The third-order valence-electron chi connectivity index (χ3n) is 2.33. The molecule has 5 nitrogen and oxygen atoms in total. The Hall–Kier alpha value is -2.11. The van der Waals surface area contributed by atoms with E-state index in [1.807, 2.05) is 6.92 Å². The normalized spacial score (nSPS) is 10.5. The smallest absolute Gasteiger partial charge is 0.164 e. The lowest BCUT2D eigenvalue weighted by atomic mass is 10.3. The highest BCUT2D eigenvalue weighted by molar-refractivity contribution is 5.52. The number of halogens is 1. The summed E-state index contributed by atoms with van der Waals surface area (Å²) < 4.78 is 20.1. The van der Waals surface area contributed by atoms with Crippen molar-refractivity contribution in [1.29, 1.82) is 0 Å². The van der Waals surface area contributed by atoms with Crippen LogP contribution in [-0.4, -0.2) is 14.8 Å². The molecule has 17 heavy (non-hydrogen) atoms. The van der Waals surface area contributed by atoms with Gasteiger partial charge in [-0.05, 0) is 19.1 Å². The number of nitrogens with zero attached hydrogens (tertiary/aromatic N) is 3. The van der Waals surface area contributed by atoms with Gasteiger partial charge in [-0.15, -0.1) is 0 Å². The largest absolute Gasteiger partial charge is 0.483 e. The van der Waals surface area contributed by atoms with Gasteiger partial charge in [-0.25, -0.2) is 14.1 Å². The van der Waals surface area contributed by atoms with Gasteiger partial charge >= 0.3 is 0 Å². The third kappa shape index (κ3) is 2.52. The fraction of sp³-hybridized carbons (Fsp3) is 0.273. The van der Waals surface area contributed by atoms with E-state index in [0.29, 0.717) is 23.8 Å². The zero-order valence-electron chi connectivity index (χ0n) is 9.43. The molecule has 6 heteroatoms. The van der Waals surface area contributed by atoms with Gasteiger partial charge < -0.3 is 10.5 Å². The van der Waals surface area contributed by atoms with Gasteiger partial charge in [0.25, 0.3) is 0 Å². The van der Waals surface area contributed by atoms with Crippen LogP contribution in [0.4, 0.5) is 10.1 Å². The fourth-order valence-corrected chi connectivity index (χ4v) is 1.44. The SMILES string of the molecule is CCn1ncnc1COc1cc(F)ccc1N. The van der Waals surface area contributed by atoms with Crippen molar-refractivity contribution in [2.24, 2.45) is 0 Å². The molecule has 0 atom stereocenters. The van der Waals surface area contributed by atoms with Crippen molar-refractivity contribution in [3.8, 4) is 5.75 Å². The Bertz CT molecular complexity index is 512. The summed E-state index contributed by atoms with van der Waals surface area (Å²) in [6, 6.07) is 4.01. The number of nitrogens with two attached hydrogens (primary N) is 1. The topological polar surface area (TPSA) is 66.0 Å². The van der Waals surface area contributed by atoms with E-state index < -0.39 is 0 Å². The highest BCUT2D eigenvalue weighted by Crippen LogP contribution is 2.22. The summed E-state index contributed by atoms with van der Waals surface area (Å²) in [7, 11) is 0. The summed E-state index contributed by atoms with van der Waals surface area (Å²) in [5, 5.41) is 4.01. The standard InChI is InChI=1S/C11H13FN4O/c1-2-16-11(14-7-15-16)6-17-10-5-8(12)3-4-9(10)13/h3-5,7H,2,6,13H2,1H3. The third-order valence-corrected chi connectivity index (χ3v) is 2.33. The molecule has 90 valence electrons. The number of rotatable bonds is 4. The minimum atomic E-state index is -0.383. The predicted molar refractivity (Wildman–Crippen MR) is 60.8 cm³/mol. The first-order valence-electron chi connectivity index (χ1n) is 5.25. The molecule has 0 radical (unpaired) electrons. The Morgan fingerprint density at radius 2 is 2.29 bits per heavy atom. The van der Waals surface area contributed by atoms with Crippen molar-refractivity contribution in [3.63, 3.8) is 0 Å². The van der Waals surface area contributed by atoms with Crippen LogP contribution in [0.3, 0.4) is 0 Å². The maximum absolute atomic E-state index is 13.0. The van der Waals surface area contributed by atoms with E-state index in [-0.39, 0.29) is 12.4 Å². The van der Waals surface area contributed by atoms with E-state index in [9.17, 15) is 4.39 Å². The molecule has 0 saturated carbocycles. The van der Waals surface area contributed by atoms with Crippen LogP contribution in [0.2, 0.25) is 0 Å². The van der Waals surface area contributed by atoms with Crippen molar-refractivity contribution in [2.75, 3.05) is 5.73 Å². The molecule has 0 bridgehead atoms. The molecule has 1 aromatic heterocycles. The molecule has 1 aromatic carbocycles. The first kappa shape index (κ1) is 11.4. The average Bonchev–Trinajstić information content (AvgIpc) is 2.77. The maximum Gasteiger partial charge on any atom is 0.164 e. The number of benzene rings is 1. The molecule has 0 aliphatic carbocycles. The summed E-state index contributed by atoms with van der Waals surface area (Å²) in [5.74, 6) is 0.609. The van der Waals surface area contributed by atoms with E-state index >= 15 is 0 Å². The van der Waals surface area contributed by atoms with Gasteiger partial charge in [-0.1, -0.05) is 0 Å². The highest BCUT2D eigenvalue weighted by atomic mass is 19.1. The van der Waals surface area contributed by atoms with E-state index in [4.69, 9.17) is 10.5 Å². The van der Waals surface area contributed by atoms with Crippen LogP contribution in [0.5, 0.6) is 5.75 Å². The highest BCUT2D eigenvalue weighted by Gasteiger charge is 2.06. The molecule has 2 N–H and O–H groups in total. The Balaban J connectivity index is 2.09. The van der Waals surface area contributed by atoms with Crippen molar-refractivity contribution in [3.05, 3.63) is 36.2 Å². The van der Waals surface area contributed by atoms with Crippen LogP contribution in [0.1, 0.15) is 12.7 Å². The molecule has 2 rings (SSSR count). The van der Waals surface area contributed by atoms with Crippen molar-refractivity contribution in [2.45, 2.75) is 20.1 Å². The fourth-order valence-electron chi connectivity index (χ4n) is 1.44. The van der Waals surface area contributed by atoms with Crippen LogP contribution in [0.25, 0.3) is 0 Å². The minimum Gasteiger partial charge on any atom is -0.483 e. The summed E-state index contributed by atoms with van der Waals surface area (Å²) in [6.07, 6.45) is 1.46. The Morgan fingerprint density at radius 3 is 3.06 bits per heavy atom. The van der Waals surface area contributed by atoms with Crippen LogP contribution in [-0.2, 0) is 13.2 Å². The van der Waals surface area contributed by atoms with Crippen LogP contribution in [0, 0.1) is 5.82 Å². The zero-order valence-corrected chi connectivity index (χ0v) is 9.43. The number of aryl methyl sites for hydroxylation is 1. The second kappa shape index (κ2) is 4.82. The molecule has 0 unspecified atom stereocenters. The average molecular weight is 236 g/mol. The quantitative estimate of drug-likeness (QED) is 0.819. The molecule has 2 aromatic rings. The second-order valence-corrected chi connectivity index (χ2v) is 3.46. The lowest BCUT2D eigenvalue weighted by Gasteiger charge is -2.08. The van der Waals surface area contributed by atoms with Gasteiger partial charge in [0.05, 0.1) is 5.69 Å². The van der Waals surface area contributed by atoms with Gasteiger partial charge in [-0.3, -0.25) is 0 Å². The number of hydrogen-bond donors (Lipinski definition) is 1. The van der Waals surface area contributed by atoms with Crippen LogP contribution < -0.4 is 10.5 Å². The first-order chi connectivity index (χ1) is 8.20. The first-order valence-corrected chi connectivity index (χ1v) is 5.25. The predicted octanol–water partition coefficient (Wildman–Crippen LogP) is 1.60. The Kier molecular flexibility index (Phi) is 3.22. The lowest BCUT2D eigenvalue weighted by molar-refractivity contribution is 0.287. The van der Waals surface area contributed by atoms with E-state index in [0.717, 1.165) is 0 Å². The van der Waals surface area contributed by atoms with E-state index in [1.54, 1.807) is 4.68 Å². The summed E-state index contributed by atoms with van der Waals surface area (Å²) in [4.78, 5) is 4.05. The Morgan fingerprint density at radius 1 is 1.47 bits per heavy atom. The Labute approximate surface area is 98.0 Å². The van der Waals surface area contributed by atoms with Gasteiger partial charge in [0.15, 0.2) is 5.82 Å². The summed E-state index contributed by atoms with van der Waals surface area (Å²) in [6.45, 7) is 2.87. The van der Waals surface area contributed by atoms with Crippen molar-refractivity contribution >= 4 is 5.69 Å². The molecule has 0 amide bonds. The van der Waals surface area contributed by atoms with E-state index in [1.165, 1.54) is 24.5 Å². The molecular formula is C11H13FN4O. The molecule has 1 heterocycles. The number of aromatic nitrogens is 3. The molecule has 0 fully saturated rings. The van der Waals surface area contributed by atoms with Gasteiger partial charge in [0.1, 0.15) is 24.5 Å². The number of hydrogen-bond acceptors (Lipinski definition) is 4. The van der Waals surface area contributed by atoms with Crippen LogP contribution in [0.15, 0.2) is 24.5 Å². The molecular weight excluding hydrogens is 223 g/mol.